The summed E-state index contributed by atoms with van der Waals surface area (Å²) in [6.07, 6.45) is -0.0827. The van der Waals surface area contributed by atoms with Crippen LogP contribution in [0.15, 0.2) is 29.6 Å². The fourth-order valence-corrected chi connectivity index (χ4v) is 3.03. The molecular weight excluding hydrogens is 334 g/mol. The highest BCUT2D eigenvalue weighted by Gasteiger charge is 2.20. The van der Waals surface area contributed by atoms with Crippen molar-refractivity contribution in [3.63, 3.8) is 0 Å². The Balaban J connectivity index is 0.00000176. The number of benzene rings is 1. The summed E-state index contributed by atoms with van der Waals surface area (Å²) in [4.78, 5) is 4.50. The summed E-state index contributed by atoms with van der Waals surface area (Å²) in [5.74, 6) is 0.132. The lowest BCUT2D eigenvalue weighted by atomic mass is 10.1. The van der Waals surface area contributed by atoms with Gasteiger partial charge in [0.1, 0.15) is 16.9 Å². The molecule has 1 aromatic heterocycles. The van der Waals surface area contributed by atoms with E-state index in [0.29, 0.717) is 24.4 Å². The van der Waals surface area contributed by atoms with Crippen LogP contribution in [-0.4, -0.2) is 31.3 Å². The molecule has 0 spiro atoms. The number of thiazole rings is 1. The summed E-state index contributed by atoms with van der Waals surface area (Å²) in [5, 5.41) is 5.91. The molecule has 0 radical (unpaired) electrons. The number of aromatic nitrogens is 1. The van der Waals surface area contributed by atoms with E-state index in [1.165, 1.54) is 17.4 Å². The van der Waals surface area contributed by atoms with Crippen molar-refractivity contribution in [2.45, 2.75) is 12.7 Å². The highest BCUT2D eigenvalue weighted by atomic mass is 35.5. The summed E-state index contributed by atoms with van der Waals surface area (Å²) in [6.45, 7) is -0.665. The normalized spacial score (nSPS) is 18.0. The third-order valence-corrected chi connectivity index (χ3v) is 4.04. The lowest BCUT2D eigenvalue weighted by Gasteiger charge is -2.21. The van der Waals surface area contributed by atoms with Crippen molar-refractivity contribution in [1.82, 2.24) is 10.3 Å². The summed E-state index contributed by atoms with van der Waals surface area (Å²) in [6, 6.07) is 6.66. The largest absolute Gasteiger partial charge is 0.434 e. The summed E-state index contributed by atoms with van der Waals surface area (Å²) in [7, 11) is 0. The second-order valence-corrected chi connectivity index (χ2v) is 5.40. The van der Waals surface area contributed by atoms with E-state index in [2.05, 4.69) is 15.0 Å². The first-order valence-electron chi connectivity index (χ1n) is 6.56. The van der Waals surface area contributed by atoms with Gasteiger partial charge in [0.05, 0.1) is 12.3 Å². The smallest absolute Gasteiger partial charge is 0.387 e. The Kier molecular flexibility index (Phi) is 6.07. The van der Waals surface area contributed by atoms with Gasteiger partial charge in [-0.25, -0.2) is 4.98 Å². The number of ether oxygens (including phenoxy) is 2. The van der Waals surface area contributed by atoms with Crippen molar-refractivity contribution in [2.24, 2.45) is 0 Å². The molecule has 0 amide bonds. The second kappa shape index (κ2) is 7.82. The van der Waals surface area contributed by atoms with E-state index in [-0.39, 0.29) is 24.3 Å². The molecule has 0 unspecified atom stereocenters. The van der Waals surface area contributed by atoms with Gasteiger partial charge >= 0.3 is 6.61 Å². The molecule has 0 saturated carbocycles. The molecule has 1 N–H and O–H groups in total. The van der Waals surface area contributed by atoms with Crippen LogP contribution < -0.4 is 10.1 Å². The first-order valence-corrected chi connectivity index (χ1v) is 7.44. The predicted molar refractivity (Wildman–Crippen MR) is 83.0 cm³/mol. The minimum atomic E-state index is -2.85. The monoisotopic (exact) mass is 348 g/mol. The van der Waals surface area contributed by atoms with Crippen molar-refractivity contribution >= 4 is 23.7 Å². The fourth-order valence-electron chi connectivity index (χ4n) is 2.16. The Morgan fingerprint density at radius 3 is 2.91 bits per heavy atom. The maximum Gasteiger partial charge on any atom is 0.387 e. The van der Waals surface area contributed by atoms with Crippen LogP contribution in [0.25, 0.3) is 11.3 Å². The minimum Gasteiger partial charge on any atom is -0.434 e. The van der Waals surface area contributed by atoms with Gasteiger partial charge in [-0.1, -0.05) is 12.1 Å². The third kappa shape index (κ3) is 3.92. The molecular formula is C14H15ClF2N2O2S. The van der Waals surface area contributed by atoms with E-state index in [9.17, 15) is 8.78 Å². The van der Waals surface area contributed by atoms with Gasteiger partial charge in [-0.05, 0) is 12.1 Å². The summed E-state index contributed by atoms with van der Waals surface area (Å²) in [5.41, 5.74) is 1.18. The van der Waals surface area contributed by atoms with E-state index in [1.807, 2.05) is 5.38 Å². The van der Waals surface area contributed by atoms with Crippen LogP contribution in [0.4, 0.5) is 8.78 Å². The van der Waals surface area contributed by atoms with Crippen LogP contribution in [0.1, 0.15) is 11.1 Å². The van der Waals surface area contributed by atoms with Gasteiger partial charge in [-0.2, -0.15) is 8.78 Å². The van der Waals surface area contributed by atoms with Gasteiger partial charge in [0.25, 0.3) is 0 Å². The molecule has 22 heavy (non-hydrogen) atoms. The van der Waals surface area contributed by atoms with Gasteiger partial charge in [0.15, 0.2) is 0 Å². The highest BCUT2D eigenvalue weighted by molar-refractivity contribution is 7.10. The molecule has 1 aromatic carbocycles. The molecule has 3 rings (SSSR count). The number of hydrogen-bond donors (Lipinski definition) is 1. The number of alkyl halides is 2. The SMILES string of the molecule is Cl.FC(F)Oc1ccccc1-c1csc([C@H]2CNCCO2)n1. The number of rotatable bonds is 4. The molecule has 1 fully saturated rings. The zero-order valence-electron chi connectivity index (χ0n) is 11.5. The van der Waals surface area contributed by atoms with Gasteiger partial charge in [0, 0.05) is 24.0 Å². The first-order chi connectivity index (χ1) is 10.2. The Hall–Kier alpha value is -1.28. The molecule has 1 saturated heterocycles. The molecule has 0 aliphatic carbocycles. The van der Waals surface area contributed by atoms with E-state index < -0.39 is 6.61 Å². The highest BCUT2D eigenvalue weighted by Crippen LogP contribution is 2.33. The van der Waals surface area contributed by atoms with Crippen LogP contribution in [0, 0.1) is 0 Å². The number of hydrogen-bond acceptors (Lipinski definition) is 5. The van der Waals surface area contributed by atoms with Crippen molar-refractivity contribution in [3.8, 4) is 17.0 Å². The van der Waals surface area contributed by atoms with Crippen molar-refractivity contribution in [1.29, 1.82) is 0 Å². The average Bonchev–Trinajstić information content (AvgIpc) is 2.98. The molecule has 0 bridgehead atoms. The molecule has 1 atom stereocenters. The zero-order valence-corrected chi connectivity index (χ0v) is 13.1. The maximum atomic E-state index is 12.4. The molecule has 120 valence electrons. The predicted octanol–water partition coefficient (Wildman–Crippen LogP) is 3.49. The van der Waals surface area contributed by atoms with Crippen LogP contribution in [0.3, 0.4) is 0 Å². The van der Waals surface area contributed by atoms with E-state index in [1.54, 1.807) is 18.2 Å². The van der Waals surface area contributed by atoms with Gasteiger partial charge in [0.2, 0.25) is 0 Å². The Labute approximate surface area is 136 Å². The Morgan fingerprint density at radius 2 is 2.18 bits per heavy atom. The number of nitrogens with one attached hydrogen (secondary N) is 1. The van der Waals surface area contributed by atoms with Crippen molar-refractivity contribution < 1.29 is 18.3 Å². The van der Waals surface area contributed by atoms with Crippen LogP contribution in [-0.2, 0) is 4.74 Å². The van der Waals surface area contributed by atoms with Crippen LogP contribution in [0.5, 0.6) is 5.75 Å². The van der Waals surface area contributed by atoms with Gasteiger partial charge < -0.3 is 14.8 Å². The molecule has 8 heteroatoms. The van der Waals surface area contributed by atoms with Crippen LogP contribution in [0.2, 0.25) is 0 Å². The Bertz CT molecular complexity index is 606. The van der Waals surface area contributed by atoms with Gasteiger partial charge in [-0.3, -0.25) is 0 Å². The quantitative estimate of drug-likeness (QED) is 0.918. The van der Waals surface area contributed by atoms with Crippen LogP contribution >= 0.6 is 23.7 Å². The molecule has 1 aliphatic heterocycles. The van der Waals surface area contributed by atoms with E-state index in [0.717, 1.165) is 11.6 Å². The first kappa shape index (κ1) is 17.1. The fraction of sp³-hybridized carbons (Fsp3) is 0.357. The summed E-state index contributed by atoms with van der Waals surface area (Å²) >= 11 is 1.46. The summed E-state index contributed by atoms with van der Waals surface area (Å²) < 4.78 is 35.1. The lowest BCUT2D eigenvalue weighted by Crippen LogP contribution is -2.33. The van der Waals surface area contributed by atoms with Crippen molar-refractivity contribution in [2.75, 3.05) is 19.7 Å². The lowest BCUT2D eigenvalue weighted by molar-refractivity contribution is -0.0494. The molecule has 2 aromatic rings. The standard InChI is InChI=1S/C14H14F2N2O2S.ClH/c15-14(16)20-11-4-2-1-3-9(11)10-8-21-13(18-10)12-7-17-5-6-19-12;/h1-4,8,12,14,17H,5-7H2;1H/t12-;/m1./s1. The van der Waals surface area contributed by atoms with Crippen molar-refractivity contribution in [3.05, 3.63) is 34.7 Å². The van der Waals surface area contributed by atoms with Gasteiger partial charge in [-0.15, -0.1) is 23.7 Å². The maximum absolute atomic E-state index is 12.4. The molecule has 4 nitrogen and oxygen atoms in total. The second-order valence-electron chi connectivity index (χ2n) is 4.51. The average molecular weight is 349 g/mol. The minimum absolute atomic E-state index is 0. The van der Waals surface area contributed by atoms with E-state index >= 15 is 0 Å². The van der Waals surface area contributed by atoms with E-state index in [4.69, 9.17) is 4.74 Å². The topological polar surface area (TPSA) is 43.4 Å². The zero-order chi connectivity index (χ0) is 14.7. The molecule has 1 aliphatic rings. The Morgan fingerprint density at radius 1 is 1.36 bits per heavy atom. The number of morpholine rings is 1. The molecule has 2 heterocycles. The number of halogens is 3. The number of nitrogens with zero attached hydrogens (tertiary/aromatic N) is 1. The third-order valence-electron chi connectivity index (χ3n) is 3.10. The number of para-hydroxylation sites is 1.